The summed E-state index contributed by atoms with van der Waals surface area (Å²) in [5, 5.41) is 4.58. The highest BCUT2D eigenvalue weighted by Gasteiger charge is 2.38. The molecule has 1 aromatic rings. The molecule has 1 aliphatic heterocycles. The molecule has 3 atom stereocenters. The van der Waals surface area contributed by atoms with Gasteiger partial charge in [-0.25, -0.2) is 17.6 Å². The maximum absolute atomic E-state index is 13.9. The summed E-state index contributed by atoms with van der Waals surface area (Å²) in [4.78, 5) is 35.4. The zero-order chi connectivity index (χ0) is 28.5. The zero-order valence-corrected chi connectivity index (χ0v) is 19.7. The van der Waals surface area contributed by atoms with Crippen LogP contribution >= 0.6 is 0 Å². The lowest BCUT2D eigenvalue weighted by atomic mass is 10.0. The first-order chi connectivity index (χ1) is 17.2. The molecule has 2 amide bonds. The van der Waals surface area contributed by atoms with Gasteiger partial charge in [-0.1, -0.05) is 0 Å². The van der Waals surface area contributed by atoms with Crippen LogP contribution in [-0.2, 0) is 14.4 Å². The van der Waals surface area contributed by atoms with Gasteiger partial charge in [0.25, 0.3) is 12.3 Å². The number of aldehydes is 1. The lowest BCUT2D eigenvalue weighted by Crippen LogP contribution is -2.39. The lowest BCUT2D eigenvalue weighted by molar-refractivity contribution is -0.139. The first kappa shape index (κ1) is 31.6. The van der Waals surface area contributed by atoms with Crippen LogP contribution in [0.3, 0.4) is 0 Å². The summed E-state index contributed by atoms with van der Waals surface area (Å²) < 4.78 is 88.3. The first-order valence-electron chi connectivity index (χ1n) is 10.7. The molecule has 1 fully saturated rings. The van der Waals surface area contributed by atoms with Crippen molar-refractivity contribution in [3.05, 3.63) is 41.2 Å². The number of likely N-dealkylation sites (N-methyl/N-ethyl adjacent to an activating group) is 1. The van der Waals surface area contributed by atoms with E-state index in [1.165, 1.54) is 11.9 Å². The van der Waals surface area contributed by atoms with Crippen molar-refractivity contribution in [3.8, 4) is 0 Å². The summed E-state index contributed by atoms with van der Waals surface area (Å²) in [6, 6.07) is -0.0695. The molecule has 1 aromatic carbocycles. The number of halogens is 7. The molecule has 9 nitrogen and oxygen atoms in total. The van der Waals surface area contributed by atoms with Crippen molar-refractivity contribution in [2.45, 2.75) is 44.5 Å². The second-order valence-corrected chi connectivity index (χ2v) is 7.87. The van der Waals surface area contributed by atoms with Crippen molar-refractivity contribution in [1.29, 1.82) is 0 Å². The monoisotopic (exact) mass is 544 g/mol. The Bertz CT molecular complexity index is 990. The highest BCUT2D eigenvalue weighted by Crippen LogP contribution is 2.31. The van der Waals surface area contributed by atoms with Gasteiger partial charge in [-0.3, -0.25) is 20.2 Å². The largest absolute Gasteiger partial charge is 0.400 e. The molecule has 1 saturated heterocycles. The fourth-order valence-corrected chi connectivity index (χ4v) is 3.58. The fraction of sp³-hybridized carbons (Fsp3) is 0.476. The quantitative estimate of drug-likeness (QED) is 0.111. The minimum absolute atomic E-state index is 0.0160. The van der Waals surface area contributed by atoms with Crippen LogP contribution in [0.1, 0.15) is 31.8 Å². The SMILES string of the molecule is CC1C(C(=O)Nc2ccc(F)c(C(F)F)c2F)CCN1C(=O)C=O.CNC(CC(F)(F)F)/C(N)=C/NN. The summed E-state index contributed by atoms with van der Waals surface area (Å²) in [5.41, 5.74) is 5.41. The molecule has 16 heteroatoms. The Morgan fingerprint density at radius 3 is 2.35 bits per heavy atom. The van der Waals surface area contributed by atoms with Gasteiger partial charge in [0, 0.05) is 24.5 Å². The Kier molecular flexibility index (Phi) is 11.8. The van der Waals surface area contributed by atoms with Gasteiger partial charge in [0.05, 0.1) is 29.6 Å². The molecular weight excluding hydrogens is 517 g/mol. The number of hydrazine groups is 1. The summed E-state index contributed by atoms with van der Waals surface area (Å²) in [6.45, 7) is 1.72. The molecule has 1 heterocycles. The van der Waals surface area contributed by atoms with Gasteiger partial charge in [-0.15, -0.1) is 0 Å². The molecule has 2 rings (SSSR count). The molecule has 3 unspecified atom stereocenters. The Hall–Kier alpha value is -3.40. The molecule has 208 valence electrons. The summed E-state index contributed by atoms with van der Waals surface area (Å²) in [7, 11) is 1.40. The third kappa shape index (κ3) is 8.89. The van der Waals surface area contributed by atoms with Gasteiger partial charge in [0.1, 0.15) is 5.82 Å². The Balaban J connectivity index is 0.000000448. The molecule has 0 aliphatic carbocycles. The van der Waals surface area contributed by atoms with E-state index in [-0.39, 0.29) is 24.9 Å². The van der Waals surface area contributed by atoms with Crippen LogP contribution in [0.2, 0.25) is 0 Å². The van der Waals surface area contributed by atoms with E-state index in [1.807, 2.05) is 0 Å². The number of carbonyl (C=O) groups excluding carboxylic acids is 3. The van der Waals surface area contributed by atoms with E-state index in [2.05, 4.69) is 16.1 Å². The van der Waals surface area contributed by atoms with E-state index in [1.54, 1.807) is 6.92 Å². The third-order valence-corrected chi connectivity index (χ3v) is 5.51. The number of benzene rings is 1. The third-order valence-electron chi connectivity index (χ3n) is 5.51. The van der Waals surface area contributed by atoms with Crippen LogP contribution in [0.15, 0.2) is 24.0 Å². The molecule has 7 N–H and O–H groups in total. The minimum Gasteiger partial charge on any atom is -0.400 e. The van der Waals surface area contributed by atoms with E-state index in [4.69, 9.17) is 11.6 Å². The van der Waals surface area contributed by atoms with Gasteiger partial charge in [0.15, 0.2) is 5.82 Å². The van der Waals surface area contributed by atoms with Crippen LogP contribution in [0, 0.1) is 17.6 Å². The molecule has 37 heavy (non-hydrogen) atoms. The Morgan fingerprint density at radius 1 is 1.24 bits per heavy atom. The average Bonchev–Trinajstić information content (AvgIpc) is 3.20. The predicted molar refractivity (Wildman–Crippen MR) is 118 cm³/mol. The highest BCUT2D eigenvalue weighted by atomic mass is 19.4. The number of anilines is 1. The summed E-state index contributed by atoms with van der Waals surface area (Å²) in [5.74, 6) is -0.286. The fourth-order valence-electron chi connectivity index (χ4n) is 3.58. The number of hydrogen-bond donors (Lipinski definition) is 5. The van der Waals surface area contributed by atoms with Crippen LogP contribution in [0.5, 0.6) is 0 Å². The maximum atomic E-state index is 13.9. The Morgan fingerprint density at radius 2 is 1.86 bits per heavy atom. The van der Waals surface area contributed by atoms with Crippen molar-refractivity contribution in [2.24, 2.45) is 17.5 Å². The zero-order valence-electron chi connectivity index (χ0n) is 19.7. The van der Waals surface area contributed by atoms with Crippen molar-refractivity contribution >= 4 is 23.8 Å². The number of likely N-dealkylation sites (tertiary alicyclic amines) is 1. The summed E-state index contributed by atoms with van der Waals surface area (Å²) >= 11 is 0. The van der Waals surface area contributed by atoms with E-state index < -0.39 is 71.7 Å². The standard InChI is InChI=1S/C15H14F4N2O3.C6H13F3N4/c1-7-8(4-5-21(7)11(23)6-22)15(24)20-10-3-2-9(16)12(13(10)17)14(18)19;1-12-5(2-6(7,8)9)4(10)3-13-11/h2-3,6-8,14H,4-5H2,1H3,(H,20,24);3,5,12-13H,2,10-11H2,1H3/b;4-3-. The van der Waals surface area contributed by atoms with Crippen molar-refractivity contribution in [3.63, 3.8) is 0 Å². The number of nitrogens with zero attached hydrogens (tertiary/aromatic N) is 1. The van der Waals surface area contributed by atoms with E-state index in [0.717, 1.165) is 12.3 Å². The number of rotatable bonds is 8. The van der Waals surface area contributed by atoms with Crippen molar-refractivity contribution < 1.29 is 45.1 Å². The highest BCUT2D eigenvalue weighted by molar-refractivity contribution is 6.23. The average molecular weight is 544 g/mol. The number of hydrogen-bond acceptors (Lipinski definition) is 7. The second kappa shape index (κ2) is 13.8. The maximum Gasteiger partial charge on any atom is 0.390 e. The Labute approximate surface area is 207 Å². The molecular formula is C21H27F7N6O3. The summed E-state index contributed by atoms with van der Waals surface area (Å²) in [6.07, 6.45) is -7.16. The molecule has 0 aromatic heterocycles. The topological polar surface area (TPSA) is 143 Å². The molecule has 0 bridgehead atoms. The van der Waals surface area contributed by atoms with Gasteiger partial charge in [-0.2, -0.15) is 13.2 Å². The van der Waals surface area contributed by atoms with Gasteiger partial charge >= 0.3 is 6.18 Å². The number of carbonyl (C=O) groups is 3. The van der Waals surface area contributed by atoms with Crippen LogP contribution in [0.25, 0.3) is 0 Å². The smallest absolute Gasteiger partial charge is 0.390 e. The number of amides is 2. The van der Waals surface area contributed by atoms with Crippen LogP contribution in [0.4, 0.5) is 36.4 Å². The lowest BCUT2D eigenvalue weighted by Gasteiger charge is -2.22. The van der Waals surface area contributed by atoms with Gasteiger partial charge in [-0.05, 0) is 32.5 Å². The van der Waals surface area contributed by atoms with E-state index >= 15 is 0 Å². The normalized spacial score (nSPS) is 18.7. The van der Waals surface area contributed by atoms with Crippen LogP contribution < -0.4 is 27.6 Å². The first-order valence-corrected chi connectivity index (χ1v) is 10.7. The molecule has 0 radical (unpaired) electrons. The number of alkyl halides is 5. The van der Waals surface area contributed by atoms with Gasteiger partial charge < -0.3 is 26.7 Å². The van der Waals surface area contributed by atoms with Crippen molar-refractivity contribution in [2.75, 3.05) is 18.9 Å². The number of nitrogens with one attached hydrogen (secondary N) is 3. The van der Waals surface area contributed by atoms with E-state index in [0.29, 0.717) is 6.07 Å². The molecule has 0 saturated carbocycles. The van der Waals surface area contributed by atoms with Crippen LogP contribution in [-0.4, -0.2) is 54.9 Å². The van der Waals surface area contributed by atoms with Gasteiger partial charge in [0.2, 0.25) is 12.2 Å². The number of nitrogens with two attached hydrogens (primary N) is 2. The second-order valence-electron chi connectivity index (χ2n) is 7.87. The molecule has 1 aliphatic rings. The minimum atomic E-state index is -4.25. The van der Waals surface area contributed by atoms with Crippen molar-refractivity contribution in [1.82, 2.24) is 15.6 Å². The van der Waals surface area contributed by atoms with E-state index in [9.17, 15) is 45.1 Å². The predicted octanol–water partition coefficient (Wildman–Crippen LogP) is 2.07. The molecule has 0 spiro atoms.